The Bertz CT molecular complexity index is 574. The number of benzene rings is 1. The zero-order valence-corrected chi connectivity index (χ0v) is 15.0. The molecule has 1 fully saturated rings. The molecule has 0 saturated carbocycles. The van der Waals surface area contributed by atoms with E-state index in [-0.39, 0.29) is 11.8 Å². The van der Waals surface area contributed by atoms with Crippen LogP contribution in [-0.4, -0.2) is 33.3 Å². The summed E-state index contributed by atoms with van der Waals surface area (Å²) in [5.74, 6) is 0.660. The lowest BCUT2D eigenvalue weighted by Crippen LogP contribution is -2.29. The molecule has 1 aliphatic rings. The van der Waals surface area contributed by atoms with Gasteiger partial charge in [0, 0.05) is 19.5 Å². The number of nitrogens with zero attached hydrogens (tertiary/aromatic N) is 1. The van der Waals surface area contributed by atoms with Crippen LogP contribution in [0.3, 0.4) is 0 Å². The summed E-state index contributed by atoms with van der Waals surface area (Å²) in [4.78, 5) is 25.1. The van der Waals surface area contributed by atoms with Crippen molar-refractivity contribution in [2.75, 3.05) is 12.3 Å². The predicted octanol–water partition coefficient (Wildman–Crippen LogP) is 3.03. The predicted molar refractivity (Wildman–Crippen MR) is 98.3 cm³/mol. The van der Waals surface area contributed by atoms with E-state index in [1.165, 1.54) is 17.3 Å². The van der Waals surface area contributed by atoms with E-state index in [4.69, 9.17) is 12.2 Å². The van der Waals surface area contributed by atoms with Crippen molar-refractivity contribution in [2.45, 2.75) is 39.2 Å². The van der Waals surface area contributed by atoms with Crippen molar-refractivity contribution in [3.8, 4) is 0 Å². The topological polar surface area (TPSA) is 49.4 Å². The van der Waals surface area contributed by atoms with Gasteiger partial charge in [-0.25, -0.2) is 0 Å². The maximum atomic E-state index is 11.9. The molecule has 1 N–H and O–H groups in total. The Morgan fingerprint density at radius 3 is 2.78 bits per heavy atom. The number of hydrogen-bond acceptors (Lipinski definition) is 4. The first-order valence-corrected chi connectivity index (χ1v) is 9.25. The fourth-order valence-corrected chi connectivity index (χ4v) is 3.54. The van der Waals surface area contributed by atoms with Crippen molar-refractivity contribution in [3.05, 3.63) is 35.4 Å². The summed E-state index contributed by atoms with van der Waals surface area (Å²) < 4.78 is 0.686. The van der Waals surface area contributed by atoms with Gasteiger partial charge in [-0.15, -0.1) is 0 Å². The lowest BCUT2D eigenvalue weighted by Gasteiger charge is -2.14. The molecule has 0 aromatic heterocycles. The average molecular weight is 351 g/mol. The molecular formula is C17H22N2O2S2. The van der Waals surface area contributed by atoms with Crippen LogP contribution < -0.4 is 5.32 Å². The van der Waals surface area contributed by atoms with E-state index in [0.29, 0.717) is 29.6 Å². The summed E-state index contributed by atoms with van der Waals surface area (Å²) in [5.41, 5.74) is 2.34. The molecular weight excluding hydrogens is 328 g/mol. The molecule has 124 valence electrons. The lowest BCUT2D eigenvalue weighted by molar-refractivity contribution is -0.124. The molecule has 2 rings (SSSR count). The monoisotopic (exact) mass is 350 g/mol. The molecule has 0 aliphatic carbocycles. The molecule has 0 atom stereocenters. The van der Waals surface area contributed by atoms with E-state index in [1.54, 1.807) is 4.90 Å². The number of aryl methyl sites for hydroxylation is 1. The van der Waals surface area contributed by atoms with Gasteiger partial charge in [0.25, 0.3) is 0 Å². The number of carbonyl (C=O) groups excluding carboxylic acids is 2. The Hall–Kier alpha value is -1.40. The minimum atomic E-state index is 0.0802. The number of hydrogen-bond donors (Lipinski definition) is 1. The van der Waals surface area contributed by atoms with Crippen LogP contribution in [0.5, 0.6) is 0 Å². The highest BCUT2D eigenvalue weighted by molar-refractivity contribution is 8.23. The highest BCUT2D eigenvalue weighted by Gasteiger charge is 2.25. The fourth-order valence-electron chi connectivity index (χ4n) is 2.42. The molecule has 1 aromatic carbocycles. The van der Waals surface area contributed by atoms with Gasteiger partial charge in [-0.2, -0.15) is 0 Å². The maximum Gasteiger partial charge on any atom is 0.238 e. The van der Waals surface area contributed by atoms with Crippen molar-refractivity contribution in [2.24, 2.45) is 0 Å². The van der Waals surface area contributed by atoms with Gasteiger partial charge in [0.15, 0.2) is 0 Å². The van der Waals surface area contributed by atoms with Crippen LogP contribution in [0.25, 0.3) is 0 Å². The van der Waals surface area contributed by atoms with E-state index >= 15 is 0 Å². The first-order chi connectivity index (χ1) is 11.1. The third-order valence-corrected chi connectivity index (χ3v) is 5.30. The van der Waals surface area contributed by atoms with Crippen LogP contribution in [0.2, 0.25) is 0 Å². The number of rotatable bonds is 8. The first-order valence-electron chi connectivity index (χ1n) is 7.86. The first kappa shape index (κ1) is 17.9. The van der Waals surface area contributed by atoms with E-state index in [1.807, 2.05) is 31.2 Å². The van der Waals surface area contributed by atoms with Gasteiger partial charge >= 0.3 is 0 Å². The number of thiocarbonyl (C=S) groups is 1. The number of thioether (sulfide) groups is 1. The smallest absolute Gasteiger partial charge is 0.238 e. The molecule has 0 bridgehead atoms. The molecule has 6 heteroatoms. The van der Waals surface area contributed by atoms with Gasteiger partial charge in [0.05, 0.1) is 5.75 Å². The van der Waals surface area contributed by atoms with Crippen molar-refractivity contribution < 1.29 is 9.59 Å². The van der Waals surface area contributed by atoms with E-state index < -0.39 is 0 Å². The van der Waals surface area contributed by atoms with Crippen LogP contribution in [0.15, 0.2) is 24.3 Å². The minimum absolute atomic E-state index is 0.0802. The summed E-state index contributed by atoms with van der Waals surface area (Å²) in [6.45, 7) is 3.30. The highest BCUT2D eigenvalue weighted by atomic mass is 32.2. The normalized spacial score (nSPS) is 14.4. The van der Waals surface area contributed by atoms with E-state index in [0.717, 1.165) is 24.8 Å². The minimum Gasteiger partial charge on any atom is -0.352 e. The molecule has 0 spiro atoms. The molecule has 23 heavy (non-hydrogen) atoms. The van der Waals surface area contributed by atoms with Gasteiger partial charge in [-0.3, -0.25) is 14.5 Å². The molecule has 1 aromatic rings. The van der Waals surface area contributed by atoms with Crippen LogP contribution in [0.1, 0.15) is 36.8 Å². The molecule has 1 saturated heterocycles. The summed E-state index contributed by atoms with van der Waals surface area (Å²) in [7, 11) is 0. The second-order valence-electron chi connectivity index (χ2n) is 5.61. The molecule has 0 radical (unpaired) electrons. The molecule has 1 heterocycles. The zero-order valence-electron chi connectivity index (χ0n) is 13.3. The third-order valence-electron chi connectivity index (χ3n) is 3.86. The number of unbranched alkanes of at least 4 members (excludes halogenated alkanes) is 2. The Balaban J connectivity index is 1.57. The average Bonchev–Trinajstić information content (AvgIpc) is 2.85. The number of amides is 2. The lowest BCUT2D eigenvalue weighted by atomic mass is 10.1. The van der Waals surface area contributed by atoms with E-state index in [2.05, 4.69) is 5.32 Å². The van der Waals surface area contributed by atoms with Crippen molar-refractivity contribution in [1.29, 1.82) is 0 Å². The van der Waals surface area contributed by atoms with E-state index in [9.17, 15) is 9.59 Å². The SMILES string of the molecule is Cc1ccccc1CNC(=O)CCCCCN1C(=O)CSC1=S. The molecule has 4 nitrogen and oxygen atoms in total. The second kappa shape index (κ2) is 9.03. The standard InChI is InChI=1S/C17H22N2O2S2/c1-13-7-4-5-8-14(13)11-18-15(20)9-3-2-6-10-19-16(21)12-23-17(19)22/h4-5,7-8H,2-3,6,9-12H2,1H3,(H,18,20). The van der Waals surface area contributed by atoms with Gasteiger partial charge in [-0.05, 0) is 30.9 Å². The second-order valence-corrected chi connectivity index (χ2v) is 7.22. The zero-order chi connectivity index (χ0) is 16.7. The molecule has 1 aliphatic heterocycles. The quantitative estimate of drug-likeness (QED) is 0.578. The van der Waals surface area contributed by atoms with Crippen molar-refractivity contribution in [1.82, 2.24) is 10.2 Å². The van der Waals surface area contributed by atoms with Crippen LogP contribution >= 0.6 is 24.0 Å². The van der Waals surface area contributed by atoms with Crippen LogP contribution in [0, 0.1) is 6.92 Å². The van der Waals surface area contributed by atoms with Gasteiger partial charge in [0.1, 0.15) is 4.32 Å². The molecule has 0 unspecified atom stereocenters. The Morgan fingerprint density at radius 1 is 1.30 bits per heavy atom. The Labute approximate surface area is 147 Å². The summed E-state index contributed by atoms with van der Waals surface area (Å²) in [6.07, 6.45) is 3.17. The Kier molecular flexibility index (Phi) is 7.05. The van der Waals surface area contributed by atoms with Crippen LogP contribution in [-0.2, 0) is 16.1 Å². The Morgan fingerprint density at radius 2 is 2.09 bits per heavy atom. The van der Waals surface area contributed by atoms with Gasteiger partial charge < -0.3 is 5.32 Å². The summed E-state index contributed by atoms with van der Waals surface area (Å²) in [5, 5.41) is 2.96. The van der Waals surface area contributed by atoms with Crippen molar-refractivity contribution in [3.63, 3.8) is 0 Å². The molecule has 2 amide bonds. The number of nitrogens with one attached hydrogen (secondary N) is 1. The number of carbonyl (C=O) groups is 2. The summed E-state index contributed by atoms with van der Waals surface area (Å²) in [6, 6.07) is 8.06. The van der Waals surface area contributed by atoms with Gasteiger partial charge in [-0.1, -0.05) is 54.7 Å². The van der Waals surface area contributed by atoms with Gasteiger partial charge in [0.2, 0.25) is 11.8 Å². The maximum absolute atomic E-state index is 11.9. The van der Waals surface area contributed by atoms with Crippen LogP contribution in [0.4, 0.5) is 0 Å². The third kappa shape index (κ3) is 5.62. The fraction of sp³-hybridized carbons (Fsp3) is 0.471. The highest BCUT2D eigenvalue weighted by Crippen LogP contribution is 2.19. The summed E-state index contributed by atoms with van der Waals surface area (Å²) >= 11 is 6.56. The largest absolute Gasteiger partial charge is 0.352 e. The van der Waals surface area contributed by atoms with Crippen molar-refractivity contribution >= 4 is 40.1 Å².